The summed E-state index contributed by atoms with van der Waals surface area (Å²) in [6.45, 7) is 2.12. The minimum Gasteiger partial charge on any atom is -0.378 e. The first-order valence-electron chi connectivity index (χ1n) is 5.53. The van der Waals surface area contributed by atoms with Gasteiger partial charge in [-0.2, -0.15) is 0 Å². The van der Waals surface area contributed by atoms with Crippen molar-refractivity contribution in [3.8, 4) is 0 Å². The molecule has 1 nitrogen and oxygen atoms in total. The second kappa shape index (κ2) is 6.09. The van der Waals surface area contributed by atoms with Crippen LogP contribution in [-0.4, -0.2) is 0 Å². The van der Waals surface area contributed by atoms with Crippen molar-refractivity contribution >= 4 is 49.1 Å². The molecule has 0 spiro atoms. The minimum absolute atomic E-state index is 0.206. The van der Waals surface area contributed by atoms with Crippen LogP contribution in [0.2, 0.25) is 5.02 Å². The molecule has 0 aliphatic rings. The second-order valence-corrected chi connectivity index (χ2v) is 6.25. The smallest absolute Gasteiger partial charge is 0.0504 e. The molecule has 0 bridgehead atoms. The van der Waals surface area contributed by atoms with Gasteiger partial charge in [-0.25, -0.2) is 0 Å². The van der Waals surface area contributed by atoms with Crippen molar-refractivity contribution in [2.24, 2.45) is 0 Å². The molecular weight excluding hydrogens is 377 g/mol. The quantitative estimate of drug-likeness (QED) is 0.675. The number of rotatable bonds is 3. The summed E-state index contributed by atoms with van der Waals surface area (Å²) >= 11 is 13.0. The summed E-state index contributed by atoms with van der Waals surface area (Å²) in [6.07, 6.45) is 0. The van der Waals surface area contributed by atoms with Crippen LogP contribution in [-0.2, 0) is 0 Å². The number of benzene rings is 2. The number of anilines is 1. The Labute approximate surface area is 129 Å². The molecule has 2 aromatic rings. The van der Waals surface area contributed by atoms with Crippen LogP contribution >= 0.6 is 43.5 Å². The molecule has 0 radical (unpaired) electrons. The maximum atomic E-state index is 6.00. The van der Waals surface area contributed by atoms with E-state index < -0.39 is 0 Å². The van der Waals surface area contributed by atoms with Gasteiger partial charge in [0.15, 0.2) is 0 Å². The zero-order chi connectivity index (χ0) is 13.1. The molecule has 0 aliphatic carbocycles. The zero-order valence-electron chi connectivity index (χ0n) is 9.75. The standard InChI is InChI=1S/C14H12Br2ClN/c1-9(10-3-2-4-11(15)7-10)18-14-8-12(17)5-6-13(14)16/h2-9,18H,1H3. The fraction of sp³-hybridized carbons (Fsp3) is 0.143. The van der Waals surface area contributed by atoms with Crippen LogP contribution in [0.5, 0.6) is 0 Å². The van der Waals surface area contributed by atoms with Gasteiger partial charge in [0.1, 0.15) is 0 Å². The summed E-state index contributed by atoms with van der Waals surface area (Å²) in [5.74, 6) is 0. The molecule has 2 rings (SSSR count). The van der Waals surface area contributed by atoms with E-state index in [0.29, 0.717) is 0 Å². The van der Waals surface area contributed by atoms with Crippen molar-refractivity contribution in [3.63, 3.8) is 0 Å². The lowest BCUT2D eigenvalue weighted by molar-refractivity contribution is 0.882. The Morgan fingerprint density at radius 2 is 1.89 bits per heavy atom. The zero-order valence-corrected chi connectivity index (χ0v) is 13.7. The third-order valence-corrected chi connectivity index (χ3v) is 4.07. The Morgan fingerprint density at radius 1 is 1.11 bits per heavy atom. The van der Waals surface area contributed by atoms with E-state index in [1.165, 1.54) is 5.56 Å². The molecule has 94 valence electrons. The van der Waals surface area contributed by atoms with Gasteiger partial charge in [0.05, 0.1) is 5.69 Å². The van der Waals surface area contributed by atoms with Crippen LogP contribution < -0.4 is 5.32 Å². The first-order chi connectivity index (χ1) is 8.56. The van der Waals surface area contributed by atoms with E-state index in [0.717, 1.165) is 19.7 Å². The van der Waals surface area contributed by atoms with Crippen LogP contribution in [0.25, 0.3) is 0 Å². The van der Waals surface area contributed by atoms with Gasteiger partial charge < -0.3 is 5.32 Å². The van der Waals surface area contributed by atoms with Crippen molar-refractivity contribution in [3.05, 3.63) is 62.0 Å². The number of hydrogen-bond acceptors (Lipinski definition) is 1. The first-order valence-corrected chi connectivity index (χ1v) is 7.50. The normalized spacial score (nSPS) is 12.2. The predicted molar refractivity (Wildman–Crippen MR) is 85.3 cm³/mol. The highest BCUT2D eigenvalue weighted by atomic mass is 79.9. The Kier molecular flexibility index (Phi) is 4.71. The molecule has 0 fully saturated rings. The summed E-state index contributed by atoms with van der Waals surface area (Å²) < 4.78 is 2.09. The summed E-state index contributed by atoms with van der Waals surface area (Å²) in [5.41, 5.74) is 2.21. The van der Waals surface area contributed by atoms with Gasteiger partial charge in [-0.3, -0.25) is 0 Å². The maximum Gasteiger partial charge on any atom is 0.0504 e. The fourth-order valence-corrected chi connectivity index (χ4v) is 2.65. The molecule has 1 unspecified atom stereocenters. The average molecular weight is 390 g/mol. The Balaban J connectivity index is 2.21. The highest BCUT2D eigenvalue weighted by molar-refractivity contribution is 9.10. The Morgan fingerprint density at radius 3 is 2.61 bits per heavy atom. The van der Waals surface area contributed by atoms with Crippen molar-refractivity contribution in [1.29, 1.82) is 0 Å². The van der Waals surface area contributed by atoms with Crippen molar-refractivity contribution < 1.29 is 0 Å². The molecule has 0 amide bonds. The van der Waals surface area contributed by atoms with E-state index >= 15 is 0 Å². The topological polar surface area (TPSA) is 12.0 Å². The summed E-state index contributed by atoms with van der Waals surface area (Å²) in [7, 11) is 0. The highest BCUT2D eigenvalue weighted by Crippen LogP contribution is 2.29. The lowest BCUT2D eigenvalue weighted by Crippen LogP contribution is -2.06. The number of nitrogens with one attached hydrogen (secondary N) is 1. The second-order valence-electron chi connectivity index (χ2n) is 4.05. The van der Waals surface area contributed by atoms with Crippen molar-refractivity contribution in [1.82, 2.24) is 0 Å². The van der Waals surface area contributed by atoms with Gasteiger partial charge in [-0.05, 0) is 58.7 Å². The van der Waals surface area contributed by atoms with E-state index in [4.69, 9.17) is 11.6 Å². The maximum absolute atomic E-state index is 6.00. The average Bonchev–Trinajstić information content (AvgIpc) is 2.34. The molecule has 0 heterocycles. The molecule has 1 atom stereocenters. The molecule has 0 aromatic heterocycles. The SMILES string of the molecule is CC(Nc1cc(Cl)ccc1Br)c1cccc(Br)c1. The molecule has 2 aromatic carbocycles. The third kappa shape index (κ3) is 3.50. The summed E-state index contributed by atoms with van der Waals surface area (Å²) in [6, 6.07) is 14.2. The lowest BCUT2D eigenvalue weighted by atomic mass is 10.1. The van der Waals surface area contributed by atoms with Crippen LogP contribution in [0, 0.1) is 0 Å². The van der Waals surface area contributed by atoms with Crippen molar-refractivity contribution in [2.45, 2.75) is 13.0 Å². The van der Waals surface area contributed by atoms with Gasteiger partial charge in [0.2, 0.25) is 0 Å². The molecule has 0 aliphatic heterocycles. The van der Waals surface area contributed by atoms with Crippen LogP contribution in [0.4, 0.5) is 5.69 Å². The summed E-state index contributed by atoms with van der Waals surface area (Å²) in [4.78, 5) is 0. The van der Waals surface area contributed by atoms with Crippen molar-refractivity contribution in [2.75, 3.05) is 5.32 Å². The molecule has 1 N–H and O–H groups in total. The summed E-state index contributed by atoms with van der Waals surface area (Å²) in [5, 5.41) is 4.17. The largest absolute Gasteiger partial charge is 0.378 e. The van der Waals surface area contributed by atoms with Gasteiger partial charge >= 0.3 is 0 Å². The first kappa shape index (κ1) is 13.9. The minimum atomic E-state index is 0.206. The highest BCUT2D eigenvalue weighted by Gasteiger charge is 2.08. The third-order valence-electron chi connectivity index (χ3n) is 2.65. The number of halogens is 3. The van der Waals surface area contributed by atoms with Crippen LogP contribution in [0.15, 0.2) is 51.4 Å². The number of hydrogen-bond donors (Lipinski definition) is 1. The lowest BCUT2D eigenvalue weighted by Gasteiger charge is -2.17. The van der Waals surface area contributed by atoms with Gasteiger partial charge in [0, 0.05) is 20.0 Å². The Bertz CT molecular complexity index is 557. The predicted octanol–water partition coefficient (Wildman–Crippen LogP) is 6.04. The van der Waals surface area contributed by atoms with Gasteiger partial charge in [-0.1, -0.05) is 39.7 Å². The van der Waals surface area contributed by atoms with Gasteiger partial charge in [0.25, 0.3) is 0 Å². The van der Waals surface area contributed by atoms with Crippen LogP contribution in [0.3, 0.4) is 0 Å². The fourth-order valence-electron chi connectivity index (χ4n) is 1.70. The van der Waals surface area contributed by atoms with E-state index in [9.17, 15) is 0 Å². The molecule has 0 saturated heterocycles. The van der Waals surface area contributed by atoms with E-state index in [-0.39, 0.29) is 6.04 Å². The van der Waals surface area contributed by atoms with E-state index in [2.05, 4.69) is 56.2 Å². The van der Waals surface area contributed by atoms with E-state index in [1.807, 2.05) is 30.3 Å². The van der Waals surface area contributed by atoms with Crippen LogP contribution in [0.1, 0.15) is 18.5 Å². The van der Waals surface area contributed by atoms with Gasteiger partial charge in [-0.15, -0.1) is 0 Å². The molecule has 4 heteroatoms. The monoisotopic (exact) mass is 387 g/mol. The molecular formula is C14H12Br2ClN. The molecule has 0 saturated carbocycles. The van der Waals surface area contributed by atoms with E-state index in [1.54, 1.807) is 0 Å². The Hall–Kier alpha value is -0.510. The molecule has 18 heavy (non-hydrogen) atoms.